The fourth-order valence-corrected chi connectivity index (χ4v) is 5.55. The van der Waals surface area contributed by atoms with Gasteiger partial charge in [-0.05, 0) is 44.7 Å². The van der Waals surface area contributed by atoms with E-state index in [0.717, 1.165) is 61.2 Å². The SMILES string of the molecule is COc1cccc(NCc2nnc(SC(C)C(=O)N3CCCC3)n2C2CCCCC2)c1. The lowest BCUT2D eigenvalue weighted by Crippen LogP contribution is -2.34. The maximum atomic E-state index is 12.8. The van der Waals surface area contributed by atoms with Gasteiger partial charge in [0.1, 0.15) is 5.75 Å². The van der Waals surface area contributed by atoms with Crippen molar-refractivity contribution in [1.29, 1.82) is 0 Å². The Labute approximate surface area is 188 Å². The van der Waals surface area contributed by atoms with Crippen molar-refractivity contribution in [3.05, 3.63) is 30.1 Å². The average Bonchev–Trinajstić information content (AvgIpc) is 3.48. The van der Waals surface area contributed by atoms with E-state index in [0.29, 0.717) is 12.6 Å². The normalized spacial score (nSPS) is 18.2. The molecule has 168 valence electrons. The van der Waals surface area contributed by atoms with Crippen LogP contribution in [0.3, 0.4) is 0 Å². The summed E-state index contributed by atoms with van der Waals surface area (Å²) in [4.78, 5) is 14.8. The van der Waals surface area contributed by atoms with Crippen LogP contribution in [-0.2, 0) is 11.3 Å². The summed E-state index contributed by atoms with van der Waals surface area (Å²) in [5, 5.41) is 13.2. The molecule has 0 spiro atoms. The lowest BCUT2D eigenvalue weighted by molar-refractivity contribution is -0.129. The number of aromatic nitrogens is 3. The molecule has 1 amide bonds. The van der Waals surface area contributed by atoms with Gasteiger partial charge in [0.15, 0.2) is 11.0 Å². The number of hydrogen-bond donors (Lipinski definition) is 1. The minimum atomic E-state index is -0.149. The van der Waals surface area contributed by atoms with Crippen LogP contribution in [-0.4, -0.2) is 51.0 Å². The number of carbonyl (C=O) groups is 1. The van der Waals surface area contributed by atoms with E-state index in [1.54, 1.807) is 18.9 Å². The summed E-state index contributed by atoms with van der Waals surface area (Å²) in [6.45, 7) is 4.36. The van der Waals surface area contributed by atoms with Gasteiger partial charge in [0, 0.05) is 30.9 Å². The Balaban J connectivity index is 1.51. The number of carbonyl (C=O) groups excluding carboxylic acids is 1. The van der Waals surface area contributed by atoms with Crippen LogP contribution in [0.1, 0.15) is 63.7 Å². The standard InChI is InChI=1S/C23H33N5O2S/c1-17(22(29)27-13-6-7-14-27)31-23-26-25-21(28(23)19-10-4-3-5-11-19)16-24-18-9-8-12-20(15-18)30-2/h8-9,12,15,17,19,24H,3-7,10-11,13-14,16H2,1-2H3. The van der Waals surface area contributed by atoms with E-state index in [9.17, 15) is 4.79 Å². The summed E-state index contributed by atoms with van der Waals surface area (Å²) in [5.41, 5.74) is 0.990. The van der Waals surface area contributed by atoms with Gasteiger partial charge >= 0.3 is 0 Å². The van der Waals surface area contributed by atoms with Crippen LogP contribution in [0.4, 0.5) is 5.69 Å². The number of benzene rings is 1. The van der Waals surface area contributed by atoms with Crippen molar-refractivity contribution in [2.45, 2.75) is 74.9 Å². The van der Waals surface area contributed by atoms with Crippen LogP contribution in [0, 0.1) is 0 Å². The molecular weight excluding hydrogens is 410 g/mol. The zero-order chi connectivity index (χ0) is 21.6. The molecule has 1 aromatic heterocycles. The highest BCUT2D eigenvalue weighted by atomic mass is 32.2. The number of hydrogen-bond acceptors (Lipinski definition) is 6. The number of nitrogens with one attached hydrogen (secondary N) is 1. The maximum Gasteiger partial charge on any atom is 0.235 e. The Morgan fingerprint density at radius 1 is 1.19 bits per heavy atom. The molecule has 0 bridgehead atoms. The number of rotatable bonds is 8. The molecule has 1 atom stereocenters. The van der Waals surface area contributed by atoms with Crippen molar-refractivity contribution < 1.29 is 9.53 Å². The first kappa shape index (κ1) is 22.0. The van der Waals surface area contributed by atoms with Gasteiger partial charge in [0.2, 0.25) is 5.91 Å². The number of thioether (sulfide) groups is 1. The Bertz CT molecular complexity index is 875. The average molecular weight is 444 g/mol. The van der Waals surface area contributed by atoms with E-state index in [2.05, 4.69) is 20.1 Å². The molecule has 1 aliphatic carbocycles. The van der Waals surface area contributed by atoms with Gasteiger partial charge < -0.3 is 19.5 Å². The van der Waals surface area contributed by atoms with Crippen molar-refractivity contribution in [3.8, 4) is 5.75 Å². The van der Waals surface area contributed by atoms with E-state index in [1.165, 1.54) is 19.3 Å². The Morgan fingerprint density at radius 2 is 1.97 bits per heavy atom. The number of likely N-dealkylation sites (tertiary alicyclic amines) is 1. The minimum Gasteiger partial charge on any atom is -0.497 e. The van der Waals surface area contributed by atoms with E-state index in [1.807, 2.05) is 36.1 Å². The fourth-order valence-electron chi connectivity index (χ4n) is 4.53. The second-order valence-corrected chi connectivity index (χ2v) is 9.75. The summed E-state index contributed by atoms with van der Waals surface area (Å²) in [6.07, 6.45) is 8.28. The zero-order valence-corrected chi connectivity index (χ0v) is 19.4. The maximum absolute atomic E-state index is 12.8. The van der Waals surface area contributed by atoms with Crippen LogP contribution in [0.15, 0.2) is 29.4 Å². The van der Waals surface area contributed by atoms with Crippen LogP contribution in [0.5, 0.6) is 5.75 Å². The third-order valence-corrected chi connectivity index (χ3v) is 7.29. The molecule has 7 nitrogen and oxygen atoms in total. The molecule has 4 rings (SSSR count). The smallest absolute Gasteiger partial charge is 0.235 e. The Morgan fingerprint density at radius 3 is 2.71 bits per heavy atom. The molecule has 1 aromatic carbocycles. The van der Waals surface area contributed by atoms with Gasteiger partial charge in [-0.1, -0.05) is 37.1 Å². The topological polar surface area (TPSA) is 72.3 Å². The zero-order valence-electron chi connectivity index (χ0n) is 18.5. The van der Waals surface area contributed by atoms with Gasteiger partial charge in [-0.2, -0.15) is 0 Å². The predicted molar refractivity (Wildman–Crippen MR) is 124 cm³/mol. The summed E-state index contributed by atoms with van der Waals surface area (Å²) in [5.74, 6) is 1.97. The molecule has 1 saturated heterocycles. The first-order chi connectivity index (χ1) is 15.2. The third kappa shape index (κ3) is 5.34. The van der Waals surface area contributed by atoms with Gasteiger partial charge in [-0.3, -0.25) is 4.79 Å². The molecule has 2 fully saturated rings. The first-order valence-electron chi connectivity index (χ1n) is 11.4. The molecule has 2 aromatic rings. The third-order valence-electron chi connectivity index (χ3n) is 6.24. The van der Waals surface area contributed by atoms with Crippen LogP contribution >= 0.6 is 11.8 Å². The first-order valence-corrected chi connectivity index (χ1v) is 12.3. The molecule has 31 heavy (non-hydrogen) atoms. The molecule has 1 aliphatic heterocycles. The second kappa shape index (κ2) is 10.4. The second-order valence-electron chi connectivity index (χ2n) is 8.44. The van der Waals surface area contributed by atoms with Crippen LogP contribution in [0.25, 0.3) is 0 Å². The van der Waals surface area contributed by atoms with Crippen molar-refractivity contribution in [1.82, 2.24) is 19.7 Å². The largest absolute Gasteiger partial charge is 0.497 e. The monoisotopic (exact) mass is 443 g/mol. The van der Waals surface area contributed by atoms with Crippen LogP contribution in [0.2, 0.25) is 0 Å². The van der Waals surface area contributed by atoms with Gasteiger partial charge in [0.05, 0.1) is 18.9 Å². The Hall–Kier alpha value is -2.22. The highest BCUT2D eigenvalue weighted by Crippen LogP contribution is 2.34. The molecule has 1 saturated carbocycles. The molecule has 2 aliphatic rings. The van der Waals surface area contributed by atoms with Gasteiger partial charge in [-0.15, -0.1) is 10.2 Å². The van der Waals surface area contributed by atoms with E-state index in [-0.39, 0.29) is 11.2 Å². The van der Waals surface area contributed by atoms with E-state index < -0.39 is 0 Å². The lowest BCUT2D eigenvalue weighted by Gasteiger charge is -2.26. The summed E-state index contributed by atoms with van der Waals surface area (Å²) < 4.78 is 7.62. The van der Waals surface area contributed by atoms with E-state index >= 15 is 0 Å². The lowest BCUT2D eigenvalue weighted by atomic mass is 9.95. The molecule has 1 unspecified atom stereocenters. The number of methoxy groups -OCH3 is 1. The Kier molecular flexibility index (Phi) is 7.37. The van der Waals surface area contributed by atoms with Crippen molar-refractivity contribution in [2.75, 3.05) is 25.5 Å². The van der Waals surface area contributed by atoms with Gasteiger partial charge in [0.25, 0.3) is 0 Å². The van der Waals surface area contributed by atoms with Crippen molar-refractivity contribution in [2.24, 2.45) is 0 Å². The molecule has 2 heterocycles. The highest BCUT2D eigenvalue weighted by Gasteiger charge is 2.28. The predicted octanol–water partition coefficient (Wildman–Crippen LogP) is 4.51. The van der Waals surface area contributed by atoms with E-state index in [4.69, 9.17) is 4.74 Å². The number of ether oxygens (including phenoxy) is 1. The number of amides is 1. The molecule has 0 radical (unpaired) electrons. The summed E-state index contributed by atoms with van der Waals surface area (Å²) in [6, 6.07) is 8.32. The minimum absolute atomic E-state index is 0.149. The molecule has 1 N–H and O–H groups in total. The van der Waals surface area contributed by atoms with Crippen molar-refractivity contribution >= 4 is 23.4 Å². The highest BCUT2D eigenvalue weighted by molar-refractivity contribution is 8.00. The molecule has 8 heteroatoms. The van der Waals surface area contributed by atoms with Gasteiger partial charge in [-0.25, -0.2) is 0 Å². The number of nitrogens with zero attached hydrogens (tertiary/aromatic N) is 4. The fraction of sp³-hybridized carbons (Fsp3) is 0.609. The quantitative estimate of drug-likeness (QED) is 0.606. The van der Waals surface area contributed by atoms with Crippen molar-refractivity contribution in [3.63, 3.8) is 0 Å². The van der Waals surface area contributed by atoms with Crippen LogP contribution < -0.4 is 10.1 Å². The summed E-state index contributed by atoms with van der Waals surface area (Å²) in [7, 11) is 1.67. The molecular formula is C23H33N5O2S. The summed E-state index contributed by atoms with van der Waals surface area (Å²) >= 11 is 1.56. The number of anilines is 1.